The number of likely N-dealkylation sites (tertiary alicyclic amines) is 4. The average Bonchev–Trinajstić information content (AvgIpc) is 1.89. The second-order valence-electron chi connectivity index (χ2n) is 33.2. The van der Waals surface area contributed by atoms with Crippen LogP contribution < -0.4 is 16.8 Å². The van der Waals surface area contributed by atoms with Gasteiger partial charge >= 0.3 is 0 Å². The number of rotatable bonds is 31. The van der Waals surface area contributed by atoms with Gasteiger partial charge in [0, 0.05) is 71.5 Å². The lowest BCUT2D eigenvalue weighted by Gasteiger charge is -2.38. The van der Waals surface area contributed by atoms with E-state index in [0.717, 1.165) is 102 Å². The predicted octanol–water partition coefficient (Wildman–Crippen LogP) is 23.9. The summed E-state index contributed by atoms with van der Waals surface area (Å²) in [5.74, 6) is 12.3. The Kier molecular flexibility index (Phi) is 105. The third kappa shape index (κ3) is 117. The van der Waals surface area contributed by atoms with Crippen LogP contribution in [0.3, 0.4) is 0 Å². The molecule has 574 valence electrons. The molecule has 8 heteroatoms. The number of nitrogens with zero attached hydrogens (tertiary/aromatic N) is 5. The van der Waals surface area contributed by atoms with Crippen LogP contribution >= 0.6 is 0 Å². The van der Waals surface area contributed by atoms with Crippen LogP contribution in [0.4, 0.5) is 0 Å². The highest BCUT2D eigenvalue weighted by Gasteiger charge is 2.24. The van der Waals surface area contributed by atoms with E-state index in [4.69, 9.17) is 11.5 Å². The van der Waals surface area contributed by atoms with Crippen molar-refractivity contribution in [2.24, 2.45) is 94.3 Å². The van der Waals surface area contributed by atoms with Gasteiger partial charge < -0.3 is 36.4 Å². The second kappa shape index (κ2) is 83.1. The van der Waals surface area contributed by atoms with Crippen LogP contribution in [0.15, 0.2) is 0 Å². The van der Waals surface area contributed by atoms with E-state index in [9.17, 15) is 0 Å². The van der Waals surface area contributed by atoms with Gasteiger partial charge in [0.25, 0.3) is 0 Å². The lowest BCUT2D eigenvalue weighted by Crippen LogP contribution is -2.56. The molecule has 0 amide bonds. The van der Waals surface area contributed by atoms with Crippen molar-refractivity contribution < 1.29 is 0 Å². The summed E-state index contributed by atoms with van der Waals surface area (Å²) in [6, 6.07) is 0.462. The number of nitrogens with one attached hydrogen (secondary N) is 1. The van der Waals surface area contributed by atoms with E-state index in [0.29, 0.717) is 6.04 Å². The molecule has 0 atom stereocenters. The Hall–Kier alpha value is -0.320. The van der Waals surface area contributed by atoms with Gasteiger partial charge in [-0.05, 0) is 156 Å². The van der Waals surface area contributed by atoms with Gasteiger partial charge in [-0.1, -0.05) is 327 Å². The molecule has 8 nitrogen and oxygen atoms in total. The van der Waals surface area contributed by atoms with Crippen LogP contribution in [0.5, 0.6) is 0 Å². The summed E-state index contributed by atoms with van der Waals surface area (Å²) in [7, 11) is 6.20. The van der Waals surface area contributed by atoms with Crippen LogP contribution in [-0.2, 0) is 0 Å². The highest BCUT2D eigenvalue weighted by molar-refractivity contribution is 4.82. The second-order valence-corrected chi connectivity index (χ2v) is 33.2. The van der Waals surface area contributed by atoms with E-state index < -0.39 is 0 Å². The summed E-state index contributed by atoms with van der Waals surface area (Å²) < 4.78 is 0. The van der Waals surface area contributed by atoms with Crippen molar-refractivity contribution in [3.8, 4) is 0 Å². The Balaban J connectivity index is -0.0000000870. The van der Waals surface area contributed by atoms with E-state index in [1.54, 1.807) is 0 Å². The number of hydrogen-bond donors (Lipinski definition) is 3. The Labute approximate surface area is 592 Å². The Morgan fingerprint density at radius 2 is 0.652 bits per heavy atom. The van der Waals surface area contributed by atoms with Crippen molar-refractivity contribution in [2.45, 2.75) is 352 Å². The fourth-order valence-electron chi connectivity index (χ4n) is 10.3. The van der Waals surface area contributed by atoms with Gasteiger partial charge in [-0.15, -0.1) is 0 Å². The van der Waals surface area contributed by atoms with Gasteiger partial charge in [-0.3, -0.25) is 4.90 Å². The van der Waals surface area contributed by atoms with E-state index in [1.807, 2.05) is 7.05 Å². The molecule has 4 fully saturated rings. The molecular formula is C84H198N8. The zero-order valence-corrected chi connectivity index (χ0v) is 67.9. The molecule has 4 aliphatic rings. The molecule has 4 saturated heterocycles. The van der Waals surface area contributed by atoms with Gasteiger partial charge in [0.15, 0.2) is 0 Å². The maximum atomic E-state index is 5.60. The third-order valence-electron chi connectivity index (χ3n) is 14.8. The summed E-state index contributed by atoms with van der Waals surface area (Å²) in [4.78, 5) is 12.1. The van der Waals surface area contributed by atoms with Crippen molar-refractivity contribution in [3.05, 3.63) is 0 Å². The molecule has 0 radical (unpaired) electrons. The molecule has 5 N–H and O–H groups in total. The smallest absolute Gasteiger partial charge is 0.0297 e. The molecule has 4 rings (SSSR count). The van der Waals surface area contributed by atoms with Gasteiger partial charge in [-0.2, -0.15) is 0 Å². The minimum Gasteiger partial charge on any atom is -0.330 e. The van der Waals surface area contributed by atoms with Crippen molar-refractivity contribution in [1.82, 2.24) is 29.8 Å². The zero-order valence-electron chi connectivity index (χ0n) is 67.9. The number of hydrogen-bond acceptors (Lipinski definition) is 8. The van der Waals surface area contributed by atoms with E-state index in [1.165, 1.54) is 194 Å². The molecule has 4 heterocycles. The van der Waals surface area contributed by atoms with Gasteiger partial charge in [0.1, 0.15) is 0 Å². The van der Waals surface area contributed by atoms with Crippen molar-refractivity contribution >= 4 is 0 Å². The van der Waals surface area contributed by atoms with Crippen molar-refractivity contribution in [2.75, 3.05) is 119 Å². The number of unbranched alkanes of at least 4 members (excludes halogenated alkanes) is 5. The predicted molar refractivity (Wildman–Crippen MR) is 439 cm³/mol. The molecule has 0 aromatic heterocycles. The molecular weight excluding hydrogens is 1120 g/mol. The third-order valence-corrected chi connectivity index (χ3v) is 14.8. The van der Waals surface area contributed by atoms with Gasteiger partial charge in [-0.25, -0.2) is 0 Å². The minimum atomic E-state index is 0. The molecule has 4 aliphatic heterocycles. The maximum absolute atomic E-state index is 5.60. The first kappa shape index (κ1) is 116. The molecule has 0 aliphatic carbocycles. The SMILES string of the molecule is C.C.C.C.CC(C)CCC(C)C.CC(C)CCCCN.CC(C)CN(C)C.CC(C)CN1CC(C)C1.CC(C)CN1CC(C)C1.CC(C)CN1CC(N)C1.CC(C)CN1CCC1.CCCC(C)C.CCCCC(C)C.CCCCCC(C)C.CNCCCCC(C)C. The normalized spacial score (nSPS) is 14.6. The van der Waals surface area contributed by atoms with E-state index >= 15 is 0 Å². The first-order chi connectivity index (χ1) is 40.9. The van der Waals surface area contributed by atoms with Crippen LogP contribution in [-0.4, -0.2) is 150 Å². The average molecular weight is 1320 g/mol. The van der Waals surface area contributed by atoms with Crippen LogP contribution in [0.2, 0.25) is 0 Å². The monoisotopic (exact) mass is 1320 g/mol. The Morgan fingerprint density at radius 3 is 0.826 bits per heavy atom. The Bertz CT molecular complexity index is 1140. The fourth-order valence-corrected chi connectivity index (χ4v) is 10.3. The topological polar surface area (TPSA) is 80.3 Å². The summed E-state index contributed by atoms with van der Waals surface area (Å²) in [6.45, 7) is 84.3. The molecule has 0 aromatic rings. The Morgan fingerprint density at radius 1 is 0.359 bits per heavy atom. The summed E-state index contributed by atoms with van der Waals surface area (Å²) >= 11 is 0. The van der Waals surface area contributed by atoms with Gasteiger partial charge in [0.05, 0.1) is 0 Å². The zero-order chi connectivity index (χ0) is 69.6. The highest BCUT2D eigenvalue weighted by Crippen LogP contribution is 2.17. The van der Waals surface area contributed by atoms with Crippen molar-refractivity contribution in [1.29, 1.82) is 0 Å². The first-order valence-electron chi connectivity index (χ1n) is 38.6. The lowest BCUT2D eigenvalue weighted by molar-refractivity contribution is 0.0987. The quantitative estimate of drug-likeness (QED) is 0.0593. The molecule has 0 saturated carbocycles. The summed E-state index contributed by atoms with van der Waals surface area (Å²) in [5.41, 5.74) is 10.9. The molecule has 0 aromatic carbocycles. The van der Waals surface area contributed by atoms with E-state index in [2.05, 4.69) is 245 Å². The van der Waals surface area contributed by atoms with E-state index in [-0.39, 0.29) is 29.7 Å². The van der Waals surface area contributed by atoms with Gasteiger partial charge in [0.2, 0.25) is 0 Å². The number of nitrogens with two attached hydrogens (primary N) is 2. The summed E-state index contributed by atoms with van der Waals surface area (Å²) in [6.07, 6.45) is 24.6. The maximum Gasteiger partial charge on any atom is 0.0297 e. The summed E-state index contributed by atoms with van der Waals surface area (Å²) in [5, 5.41) is 3.14. The van der Waals surface area contributed by atoms with Crippen LogP contribution in [0, 0.1) is 82.9 Å². The van der Waals surface area contributed by atoms with Crippen molar-refractivity contribution in [3.63, 3.8) is 0 Å². The standard InChI is InChI=1S/2C8H17N.C8H19N.2C8H18.C7H16N2.C7H15N.C7H17N.C7H16.C6H15N.C6H14.4CH4/c2*1-7(2)4-9-5-8(3)6-9;1-8(2)6-4-5-7-9-3;1-7(2)5-6-8(3)4;1-4-5-6-7-8(2)3;1-6(2)3-9-4-7(8)5-9;1-7(2)6-8-4-3-5-8;1-7(2)5-3-4-6-8;1-4-5-6-7(2)3;1-6(2)5-7(3)4;1-4-5-6(2)3;;;;/h2*7-8H,4-6H2,1-3H3;8-9H,4-7H2,1-3H3;7-8H,5-6H2,1-4H3;8H,4-7H2,1-3H3;6-7H,3-5,8H2,1-2H3;7H,3-6H2,1-2H3;7H,3-6,8H2,1-2H3;7H,4-6H2,1-3H3;6H,5H2,1-4H3;6H,4-5H2,1-3H3;4*1H4. The largest absolute Gasteiger partial charge is 0.330 e. The first-order valence-corrected chi connectivity index (χ1v) is 38.6. The molecule has 0 spiro atoms. The minimum absolute atomic E-state index is 0. The fraction of sp³-hybridized carbons (Fsp3) is 1.00. The lowest BCUT2D eigenvalue weighted by atomic mass is 10.0. The van der Waals surface area contributed by atoms with Crippen LogP contribution in [0.25, 0.3) is 0 Å². The molecule has 0 bridgehead atoms. The highest BCUT2D eigenvalue weighted by atomic mass is 15.2. The molecule has 0 unspecified atom stereocenters. The van der Waals surface area contributed by atoms with Crippen LogP contribution in [0.1, 0.15) is 346 Å². The molecule has 92 heavy (non-hydrogen) atoms.